The van der Waals surface area contributed by atoms with E-state index in [1.165, 1.54) is 25.3 Å². The quantitative estimate of drug-likeness (QED) is 0.909. The van der Waals surface area contributed by atoms with E-state index in [0.29, 0.717) is 23.7 Å². The predicted octanol–water partition coefficient (Wildman–Crippen LogP) is 2.33. The van der Waals surface area contributed by atoms with Crippen LogP contribution in [-0.2, 0) is 4.74 Å². The van der Waals surface area contributed by atoms with Crippen LogP contribution >= 0.6 is 0 Å². The fraction of sp³-hybridized carbons (Fsp3) is 0.556. The largest absolute Gasteiger partial charge is 0.478 e. The number of aromatic carboxylic acids is 1. The Morgan fingerprint density at radius 3 is 2.74 bits per heavy atom. The molecule has 0 aromatic heterocycles. The number of ether oxygens (including phenoxy) is 1. The maximum atomic E-state index is 13.0. The number of carbonyl (C=O) groups excluding carboxylic acids is 1. The fourth-order valence-corrected chi connectivity index (χ4v) is 4.54. The zero-order valence-electron chi connectivity index (χ0n) is 13.2. The summed E-state index contributed by atoms with van der Waals surface area (Å²) in [5, 5.41) is 9.27. The Kier molecular flexibility index (Phi) is 3.23. The molecule has 1 aromatic carbocycles. The normalized spacial score (nSPS) is 27.8. The molecule has 2 saturated heterocycles. The summed E-state index contributed by atoms with van der Waals surface area (Å²) in [6, 6.07) is 5.11. The van der Waals surface area contributed by atoms with Crippen molar-refractivity contribution in [2.45, 2.75) is 32.2 Å². The lowest BCUT2D eigenvalue weighted by Gasteiger charge is -2.41. The van der Waals surface area contributed by atoms with Gasteiger partial charge in [-0.2, -0.15) is 0 Å². The van der Waals surface area contributed by atoms with Crippen LogP contribution < -0.4 is 0 Å². The summed E-state index contributed by atoms with van der Waals surface area (Å²) in [7, 11) is 0. The van der Waals surface area contributed by atoms with E-state index in [1.807, 2.05) is 4.90 Å². The summed E-state index contributed by atoms with van der Waals surface area (Å²) < 4.78 is 5.65. The molecular weight excluding hydrogens is 294 g/mol. The lowest BCUT2D eigenvalue weighted by Crippen LogP contribution is -2.39. The Balaban J connectivity index is 1.64. The maximum absolute atomic E-state index is 13.0. The molecule has 1 aliphatic carbocycles. The number of carbonyl (C=O) groups is 2. The van der Waals surface area contributed by atoms with Crippen LogP contribution in [0.25, 0.3) is 0 Å². The highest BCUT2D eigenvalue weighted by molar-refractivity contribution is 5.98. The zero-order valence-corrected chi connectivity index (χ0v) is 13.2. The lowest BCUT2D eigenvalue weighted by molar-refractivity contribution is 0.0451. The molecule has 1 aromatic rings. The first-order valence-electron chi connectivity index (χ1n) is 8.24. The van der Waals surface area contributed by atoms with Crippen molar-refractivity contribution in [1.29, 1.82) is 0 Å². The van der Waals surface area contributed by atoms with Gasteiger partial charge in [0.2, 0.25) is 0 Å². The molecule has 1 N–H and O–H groups in total. The van der Waals surface area contributed by atoms with Crippen molar-refractivity contribution >= 4 is 11.9 Å². The van der Waals surface area contributed by atoms with Crippen molar-refractivity contribution < 1.29 is 19.4 Å². The van der Waals surface area contributed by atoms with Crippen molar-refractivity contribution in [1.82, 2.24) is 4.90 Å². The number of hydrogen-bond donors (Lipinski definition) is 1. The van der Waals surface area contributed by atoms with Crippen molar-refractivity contribution in [3.05, 3.63) is 34.9 Å². The van der Waals surface area contributed by atoms with Crippen molar-refractivity contribution in [2.75, 3.05) is 19.8 Å². The Hall–Kier alpha value is -1.88. The van der Waals surface area contributed by atoms with Crippen LogP contribution in [0.3, 0.4) is 0 Å². The molecule has 2 heterocycles. The summed E-state index contributed by atoms with van der Waals surface area (Å²) in [5.41, 5.74) is 1.59. The lowest BCUT2D eigenvalue weighted by atomic mass is 9.62. The standard InChI is InChI=1S/C18H21NO4/c1-11-3-4-12(7-13(11)17(21)22)16(20)19-10-18(5-2-6-18)14-8-23-9-15(14)19/h3-4,7,14-15H,2,5-6,8-10H2,1H3,(H,21,22)/t14-,15+/m1/s1. The molecule has 2 aliphatic heterocycles. The fourth-order valence-electron chi connectivity index (χ4n) is 4.54. The highest BCUT2D eigenvalue weighted by atomic mass is 16.5. The minimum Gasteiger partial charge on any atom is -0.478 e. The van der Waals surface area contributed by atoms with Crippen LogP contribution in [0.15, 0.2) is 18.2 Å². The third kappa shape index (κ3) is 2.10. The van der Waals surface area contributed by atoms with Crippen molar-refractivity contribution in [2.24, 2.45) is 11.3 Å². The number of benzene rings is 1. The molecule has 0 radical (unpaired) electrons. The molecule has 1 amide bonds. The second-order valence-corrected chi connectivity index (χ2v) is 7.20. The molecule has 2 atom stereocenters. The number of aryl methyl sites for hydroxylation is 1. The smallest absolute Gasteiger partial charge is 0.335 e. The Bertz CT molecular complexity index is 680. The molecule has 122 valence electrons. The van der Waals surface area contributed by atoms with E-state index in [-0.39, 0.29) is 22.9 Å². The molecule has 3 fully saturated rings. The van der Waals surface area contributed by atoms with Gasteiger partial charge in [0.05, 0.1) is 24.8 Å². The van der Waals surface area contributed by atoms with E-state index >= 15 is 0 Å². The van der Waals surface area contributed by atoms with Gasteiger partial charge in [0.1, 0.15) is 0 Å². The first kappa shape index (κ1) is 14.7. The molecule has 0 bridgehead atoms. The number of carboxylic acids is 1. The summed E-state index contributed by atoms with van der Waals surface area (Å²) >= 11 is 0. The monoisotopic (exact) mass is 315 g/mol. The molecule has 5 heteroatoms. The Labute approximate surface area is 135 Å². The number of fused-ring (bicyclic) bond motifs is 2. The number of carboxylic acid groups (broad SMARTS) is 1. The van der Waals surface area contributed by atoms with Gasteiger partial charge in [0.15, 0.2) is 0 Å². The number of likely N-dealkylation sites (tertiary alicyclic amines) is 1. The minimum absolute atomic E-state index is 0.0585. The van der Waals surface area contributed by atoms with Gasteiger partial charge in [-0.3, -0.25) is 4.79 Å². The molecule has 1 spiro atoms. The van der Waals surface area contributed by atoms with Gasteiger partial charge in [0, 0.05) is 18.0 Å². The van der Waals surface area contributed by atoms with Crippen LogP contribution in [0.2, 0.25) is 0 Å². The van der Waals surface area contributed by atoms with Gasteiger partial charge < -0.3 is 14.7 Å². The number of rotatable bonds is 2. The molecule has 5 nitrogen and oxygen atoms in total. The Morgan fingerprint density at radius 2 is 2.09 bits per heavy atom. The topological polar surface area (TPSA) is 66.8 Å². The van der Waals surface area contributed by atoms with E-state index in [0.717, 1.165) is 13.2 Å². The number of nitrogens with zero attached hydrogens (tertiary/aromatic N) is 1. The van der Waals surface area contributed by atoms with E-state index in [9.17, 15) is 14.7 Å². The van der Waals surface area contributed by atoms with Crippen LogP contribution in [0.1, 0.15) is 45.5 Å². The van der Waals surface area contributed by atoms with E-state index in [1.54, 1.807) is 19.1 Å². The maximum Gasteiger partial charge on any atom is 0.335 e. The van der Waals surface area contributed by atoms with Gasteiger partial charge in [-0.25, -0.2) is 4.79 Å². The molecule has 4 rings (SSSR count). The zero-order chi connectivity index (χ0) is 16.2. The highest BCUT2D eigenvalue weighted by Crippen LogP contribution is 2.55. The van der Waals surface area contributed by atoms with Gasteiger partial charge in [-0.05, 0) is 42.9 Å². The van der Waals surface area contributed by atoms with E-state index in [4.69, 9.17) is 4.74 Å². The Morgan fingerprint density at radius 1 is 1.30 bits per heavy atom. The first-order valence-corrected chi connectivity index (χ1v) is 8.24. The molecule has 3 aliphatic rings. The van der Waals surface area contributed by atoms with Crippen LogP contribution in [-0.4, -0.2) is 47.7 Å². The van der Waals surface area contributed by atoms with Gasteiger partial charge in [-0.1, -0.05) is 12.5 Å². The molecule has 1 saturated carbocycles. The van der Waals surface area contributed by atoms with Gasteiger partial charge in [0.25, 0.3) is 5.91 Å². The second-order valence-electron chi connectivity index (χ2n) is 7.20. The molecular formula is C18H21NO4. The highest BCUT2D eigenvalue weighted by Gasteiger charge is 2.58. The summed E-state index contributed by atoms with van der Waals surface area (Å²) in [5.74, 6) is -0.600. The van der Waals surface area contributed by atoms with Gasteiger partial charge >= 0.3 is 5.97 Å². The molecule has 23 heavy (non-hydrogen) atoms. The summed E-state index contributed by atoms with van der Waals surface area (Å²) in [6.45, 7) is 3.90. The minimum atomic E-state index is -0.990. The van der Waals surface area contributed by atoms with E-state index < -0.39 is 5.97 Å². The van der Waals surface area contributed by atoms with E-state index in [2.05, 4.69) is 0 Å². The number of amides is 1. The third-order valence-electron chi connectivity index (χ3n) is 6.05. The van der Waals surface area contributed by atoms with Crippen LogP contribution in [0.4, 0.5) is 0 Å². The van der Waals surface area contributed by atoms with Crippen LogP contribution in [0.5, 0.6) is 0 Å². The summed E-state index contributed by atoms with van der Waals surface area (Å²) in [4.78, 5) is 26.2. The predicted molar refractivity (Wildman–Crippen MR) is 83.6 cm³/mol. The van der Waals surface area contributed by atoms with Crippen molar-refractivity contribution in [3.63, 3.8) is 0 Å². The first-order chi connectivity index (χ1) is 11.0. The van der Waals surface area contributed by atoms with Gasteiger partial charge in [-0.15, -0.1) is 0 Å². The third-order valence-corrected chi connectivity index (χ3v) is 6.05. The summed E-state index contributed by atoms with van der Waals surface area (Å²) in [6.07, 6.45) is 3.59. The average molecular weight is 315 g/mol. The molecule has 0 unspecified atom stereocenters. The number of hydrogen-bond acceptors (Lipinski definition) is 3. The average Bonchev–Trinajstić information content (AvgIpc) is 3.06. The van der Waals surface area contributed by atoms with Crippen molar-refractivity contribution in [3.8, 4) is 0 Å². The van der Waals surface area contributed by atoms with Crippen LogP contribution in [0, 0.1) is 18.3 Å². The SMILES string of the molecule is Cc1ccc(C(=O)N2CC3(CCC3)[C@@H]3COC[C@@H]32)cc1C(=O)O. The second kappa shape index (κ2) is 5.06.